The highest BCUT2D eigenvalue weighted by Crippen LogP contribution is 2.43. The van der Waals surface area contributed by atoms with Gasteiger partial charge in [0, 0.05) is 29.8 Å². The molecule has 1 aliphatic rings. The smallest absolute Gasteiger partial charge is 0.269 e. The molecule has 4 aromatic carbocycles. The van der Waals surface area contributed by atoms with Gasteiger partial charge >= 0.3 is 0 Å². The van der Waals surface area contributed by atoms with Crippen LogP contribution in [0.1, 0.15) is 30.5 Å². The van der Waals surface area contributed by atoms with Crippen LogP contribution in [-0.4, -0.2) is 22.3 Å². The van der Waals surface area contributed by atoms with Gasteiger partial charge in [-0.25, -0.2) is 0 Å². The number of ether oxygens (including phenoxy) is 1. The third-order valence-corrected chi connectivity index (χ3v) is 6.76. The van der Waals surface area contributed by atoms with Crippen LogP contribution in [0.4, 0.5) is 11.4 Å². The second-order valence-corrected chi connectivity index (χ2v) is 9.36. The lowest BCUT2D eigenvalue weighted by molar-refractivity contribution is -0.401. The van der Waals surface area contributed by atoms with Gasteiger partial charge in [-0.15, -0.1) is 0 Å². The zero-order valence-corrected chi connectivity index (χ0v) is 20.1. The third-order valence-electron chi connectivity index (χ3n) is 6.76. The maximum atomic E-state index is 10.8. The van der Waals surface area contributed by atoms with Crippen molar-refractivity contribution >= 4 is 33.9 Å². The lowest BCUT2D eigenvalue weighted by Gasteiger charge is -2.17. The zero-order chi connectivity index (χ0) is 24.6. The Morgan fingerprint density at radius 3 is 2.34 bits per heavy atom. The van der Waals surface area contributed by atoms with E-state index in [0.29, 0.717) is 6.61 Å². The molecular weight excluding hydrogens is 436 g/mol. The Hall–Kier alpha value is -4.25. The molecule has 1 heterocycles. The molecule has 5 rings (SSSR count). The number of nitro groups is 1. The lowest BCUT2D eigenvalue weighted by atomic mass is 9.79. The van der Waals surface area contributed by atoms with Crippen molar-refractivity contribution in [3.8, 4) is 5.75 Å². The van der Waals surface area contributed by atoms with Crippen molar-refractivity contribution < 1.29 is 14.2 Å². The Bertz CT molecular complexity index is 1480. The average Bonchev–Trinajstić information content (AvgIpc) is 3.07. The predicted molar refractivity (Wildman–Crippen MR) is 141 cm³/mol. The fourth-order valence-electron chi connectivity index (χ4n) is 4.92. The van der Waals surface area contributed by atoms with Crippen LogP contribution in [0, 0.1) is 10.1 Å². The Kier molecular flexibility index (Phi) is 5.69. The van der Waals surface area contributed by atoms with Crippen molar-refractivity contribution in [2.75, 3.05) is 7.05 Å². The minimum absolute atomic E-state index is 0.0788. The summed E-state index contributed by atoms with van der Waals surface area (Å²) in [5.41, 5.74) is 5.81. The first-order valence-electron chi connectivity index (χ1n) is 11.6. The van der Waals surface area contributed by atoms with Gasteiger partial charge in [-0.2, -0.15) is 4.58 Å². The highest BCUT2D eigenvalue weighted by Gasteiger charge is 2.44. The van der Waals surface area contributed by atoms with Crippen LogP contribution in [0.25, 0.3) is 16.8 Å². The molecule has 0 unspecified atom stereocenters. The van der Waals surface area contributed by atoms with Crippen molar-refractivity contribution in [2.24, 2.45) is 0 Å². The maximum absolute atomic E-state index is 10.8. The number of hydrogen-bond acceptors (Lipinski definition) is 3. The van der Waals surface area contributed by atoms with Crippen molar-refractivity contribution in [3.05, 3.63) is 118 Å². The normalized spacial score (nSPS) is 14.5. The summed E-state index contributed by atoms with van der Waals surface area (Å²) in [5, 5.41) is 13.4. The number of hydrogen-bond donors (Lipinski definition) is 0. The summed E-state index contributed by atoms with van der Waals surface area (Å²) < 4.78 is 8.14. The molecule has 0 aromatic heterocycles. The molecule has 0 saturated heterocycles. The van der Waals surface area contributed by atoms with Crippen molar-refractivity contribution in [3.63, 3.8) is 0 Å². The van der Waals surface area contributed by atoms with E-state index in [1.807, 2.05) is 24.3 Å². The monoisotopic (exact) mass is 463 g/mol. The van der Waals surface area contributed by atoms with Gasteiger partial charge in [0.2, 0.25) is 5.69 Å². The second-order valence-electron chi connectivity index (χ2n) is 9.36. The summed E-state index contributed by atoms with van der Waals surface area (Å²) in [5.74, 6) is 0.755. The van der Waals surface area contributed by atoms with E-state index in [1.165, 1.54) is 39.9 Å². The van der Waals surface area contributed by atoms with Gasteiger partial charge in [0.15, 0.2) is 5.71 Å². The average molecular weight is 464 g/mol. The van der Waals surface area contributed by atoms with Crippen LogP contribution in [0.5, 0.6) is 5.75 Å². The molecule has 5 nitrogen and oxygen atoms in total. The standard InChI is InChI=1S/C30H27N2O3/c1-30(2)28(31(3)27-18-13-23-6-4-5-7-26(23)29(27)30)19-12-21-10-16-25(17-11-21)35-20-22-8-14-24(15-9-22)32(33)34/h4-19H,20H2,1-3H3/q+1/b19-12+. The first-order valence-corrected chi connectivity index (χ1v) is 11.6. The Labute approximate surface area is 204 Å². The minimum Gasteiger partial charge on any atom is -0.489 e. The number of rotatable bonds is 6. The molecule has 0 spiro atoms. The summed E-state index contributed by atoms with van der Waals surface area (Å²) in [4.78, 5) is 10.4. The molecule has 0 radical (unpaired) electrons. The number of nitrogens with zero attached hydrogens (tertiary/aromatic N) is 2. The van der Waals surface area contributed by atoms with Crippen LogP contribution in [-0.2, 0) is 12.0 Å². The van der Waals surface area contributed by atoms with Gasteiger partial charge in [-0.3, -0.25) is 10.1 Å². The number of nitro benzene ring substituents is 1. The van der Waals surface area contributed by atoms with E-state index in [-0.39, 0.29) is 11.1 Å². The summed E-state index contributed by atoms with van der Waals surface area (Å²) in [7, 11) is 2.14. The van der Waals surface area contributed by atoms with Gasteiger partial charge < -0.3 is 4.74 Å². The van der Waals surface area contributed by atoms with E-state index in [4.69, 9.17) is 4.74 Å². The number of allylic oxidation sites excluding steroid dienone is 1. The van der Waals surface area contributed by atoms with E-state index >= 15 is 0 Å². The van der Waals surface area contributed by atoms with Crippen molar-refractivity contribution in [1.82, 2.24) is 0 Å². The van der Waals surface area contributed by atoms with Crippen LogP contribution in [0.3, 0.4) is 0 Å². The SMILES string of the molecule is C[N+]1=C(/C=C/c2ccc(OCc3ccc([N+](=O)[O-])cc3)cc2)C(C)(C)c2c1ccc1ccccc21. The van der Waals surface area contributed by atoms with E-state index in [9.17, 15) is 10.1 Å². The Balaban J connectivity index is 1.31. The molecule has 0 amide bonds. The van der Waals surface area contributed by atoms with E-state index in [2.05, 4.69) is 74.0 Å². The van der Waals surface area contributed by atoms with Gasteiger partial charge in [-0.1, -0.05) is 36.4 Å². The topological polar surface area (TPSA) is 55.4 Å². The molecule has 0 fully saturated rings. The molecule has 4 aromatic rings. The summed E-state index contributed by atoms with van der Waals surface area (Å²) in [6.45, 7) is 4.93. The number of fused-ring (bicyclic) bond motifs is 3. The van der Waals surface area contributed by atoms with E-state index in [0.717, 1.165) is 16.9 Å². The predicted octanol–water partition coefficient (Wildman–Crippen LogP) is 7.05. The molecule has 35 heavy (non-hydrogen) atoms. The fourth-order valence-corrected chi connectivity index (χ4v) is 4.92. The van der Waals surface area contributed by atoms with Crippen molar-refractivity contribution in [1.29, 1.82) is 0 Å². The van der Waals surface area contributed by atoms with Crippen LogP contribution in [0.15, 0.2) is 91.0 Å². The Morgan fingerprint density at radius 1 is 0.914 bits per heavy atom. The summed E-state index contributed by atoms with van der Waals surface area (Å²) in [6, 6.07) is 27.4. The molecular formula is C30H27N2O3+. The van der Waals surface area contributed by atoms with Crippen LogP contribution in [0.2, 0.25) is 0 Å². The largest absolute Gasteiger partial charge is 0.489 e. The highest BCUT2D eigenvalue weighted by molar-refractivity contribution is 6.09. The summed E-state index contributed by atoms with van der Waals surface area (Å²) >= 11 is 0. The highest BCUT2D eigenvalue weighted by atomic mass is 16.6. The second kappa shape index (κ2) is 8.84. The van der Waals surface area contributed by atoms with Gasteiger partial charge in [-0.05, 0) is 72.2 Å². The third kappa shape index (κ3) is 4.21. The number of non-ortho nitro benzene ring substituents is 1. The molecule has 0 atom stereocenters. The van der Waals surface area contributed by atoms with Gasteiger partial charge in [0.05, 0.1) is 10.3 Å². The lowest BCUT2D eigenvalue weighted by Crippen LogP contribution is -2.26. The van der Waals surface area contributed by atoms with Crippen LogP contribution >= 0.6 is 0 Å². The molecule has 0 N–H and O–H groups in total. The molecule has 0 aliphatic carbocycles. The van der Waals surface area contributed by atoms with Crippen molar-refractivity contribution in [2.45, 2.75) is 25.9 Å². The van der Waals surface area contributed by atoms with E-state index < -0.39 is 4.92 Å². The quantitative estimate of drug-likeness (QED) is 0.175. The Morgan fingerprint density at radius 2 is 1.63 bits per heavy atom. The maximum Gasteiger partial charge on any atom is 0.269 e. The summed E-state index contributed by atoms with van der Waals surface area (Å²) in [6.07, 6.45) is 4.35. The van der Waals surface area contributed by atoms with E-state index in [1.54, 1.807) is 12.1 Å². The number of benzene rings is 4. The molecule has 1 aliphatic heterocycles. The molecule has 0 saturated carbocycles. The first kappa shape index (κ1) is 22.5. The first-order chi connectivity index (χ1) is 16.8. The molecule has 0 bridgehead atoms. The van der Waals surface area contributed by atoms with Crippen LogP contribution < -0.4 is 4.74 Å². The fraction of sp³-hybridized carbons (Fsp3) is 0.167. The molecule has 174 valence electrons. The van der Waals surface area contributed by atoms with Gasteiger partial charge in [0.1, 0.15) is 19.4 Å². The zero-order valence-electron chi connectivity index (χ0n) is 20.1. The molecule has 5 heteroatoms. The minimum atomic E-state index is -0.402. The van der Waals surface area contributed by atoms with Gasteiger partial charge in [0.25, 0.3) is 5.69 Å².